The monoisotopic (exact) mass is 182 g/mol. The number of aromatic nitrogens is 2. The van der Waals surface area contributed by atoms with Gasteiger partial charge in [-0.2, -0.15) is 4.98 Å². The summed E-state index contributed by atoms with van der Waals surface area (Å²) < 4.78 is 7.33. The maximum atomic E-state index is 9.14. The summed E-state index contributed by atoms with van der Waals surface area (Å²) in [5.41, 5.74) is 0. The molecular formula is C9H14N2O2. The molecule has 0 saturated carbocycles. The van der Waals surface area contributed by atoms with E-state index in [1.54, 1.807) is 6.20 Å². The van der Waals surface area contributed by atoms with Crippen LogP contribution in [0, 0.1) is 0 Å². The van der Waals surface area contributed by atoms with E-state index >= 15 is 0 Å². The van der Waals surface area contributed by atoms with E-state index in [1.165, 1.54) is 0 Å². The van der Waals surface area contributed by atoms with Crippen molar-refractivity contribution in [3.63, 3.8) is 0 Å². The molecule has 2 heterocycles. The molecule has 2 rings (SSSR count). The maximum Gasteiger partial charge on any atom is 0.229 e. The van der Waals surface area contributed by atoms with Gasteiger partial charge >= 0.3 is 0 Å². The minimum Gasteiger partial charge on any atom is -0.492 e. The smallest absolute Gasteiger partial charge is 0.229 e. The predicted octanol–water partition coefficient (Wildman–Crippen LogP) is 0.847. The summed E-state index contributed by atoms with van der Waals surface area (Å²) in [4.78, 5) is 4.01. The Hall–Kier alpha value is -1.03. The molecule has 4 heteroatoms. The number of aryl methyl sites for hydroxylation is 1. The van der Waals surface area contributed by atoms with Gasteiger partial charge in [0.25, 0.3) is 0 Å². The van der Waals surface area contributed by atoms with E-state index in [-0.39, 0.29) is 5.88 Å². The van der Waals surface area contributed by atoms with E-state index < -0.39 is 0 Å². The van der Waals surface area contributed by atoms with Gasteiger partial charge in [-0.1, -0.05) is 0 Å². The SMILES string of the molecule is Cn1cc(O)nc1CC1CCCO1. The standard InChI is InChI=1S/C9H14N2O2/c1-11-6-9(12)10-8(11)5-7-3-2-4-13-7/h6-7,12H,2-5H2,1H3. The minimum absolute atomic E-state index is 0.0931. The third kappa shape index (κ3) is 1.83. The molecule has 1 N–H and O–H groups in total. The Labute approximate surface area is 77.2 Å². The topological polar surface area (TPSA) is 47.3 Å². The van der Waals surface area contributed by atoms with Gasteiger partial charge in [0, 0.05) is 20.1 Å². The average Bonchev–Trinajstić information content (AvgIpc) is 2.63. The molecule has 0 aliphatic carbocycles. The first kappa shape index (κ1) is 8.56. The van der Waals surface area contributed by atoms with Crippen LogP contribution < -0.4 is 0 Å². The summed E-state index contributed by atoms with van der Waals surface area (Å²) >= 11 is 0. The van der Waals surface area contributed by atoms with Crippen molar-refractivity contribution < 1.29 is 9.84 Å². The van der Waals surface area contributed by atoms with E-state index in [2.05, 4.69) is 4.98 Å². The molecule has 1 saturated heterocycles. The molecule has 1 atom stereocenters. The molecule has 1 unspecified atom stereocenters. The second-order valence-electron chi connectivity index (χ2n) is 3.47. The zero-order valence-electron chi connectivity index (χ0n) is 7.73. The first-order valence-corrected chi connectivity index (χ1v) is 4.58. The van der Waals surface area contributed by atoms with Crippen LogP contribution in [0.4, 0.5) is 0 Å². The number of hydrogen-bond donors (Lipinski definition) is 1. The Morgan fingerprint density at radius 1 is 1.77 bits per heavy atom. The molecule has 0 amide bonds. The third-order valence-electron chi connectivity index (χ3n) is 2.39. The second kappa shape index (κ2) is 3.38. The van der Waals surface area contributed by atoms with Crippen molar-refractivity contribution >= 4 is 0 Å². The first-order chi connectivity index (χ1) is 6.25. The predicted molar refractivity (Wildman–Crippen MR) is 47.6 cm³/mol. The Balaban J connectivity index is 2.03. The van der Waals surface area contributed by atoms with Gasteiger partial charge in [0.05, 0.1) is 12.3 Å². The molecule has 0 aromatic carbocycles. The van der Waals surface area contributed by atoms with E-state index in [4.69, 9.17) is 9.84 Å². The van der Waals surface area contributed by atoms with Gasteiger partial charge in [-0.25, -0.2) is 0 Å². The lowest BCUT2D eigenvalue weighted by molar-refractivity contribution is 0.109. The number of rotatable bonds is 2. The van der Waals surface area contributed by atoms with E-state index in [0.29, 0.717) is 6.10 Å². The van der Waals surface area contributed by atoms with Crippen LogP contribution in [-0.2, 0) is 18.2 Å². The summed E-state index contributed by atoms with van der Waals surface area (Å²) in [5.74, 6) is 0.986. The summed E-state index contributed by atoms with van der Waals surface area (Å²) in [6.45, 7) is 0.862. The van der Waals surface area contributed by atoms with Crippen LogP contribution in [0.15, 0.2) is 6.20 Å². The van der Waals surface area contributed by atoms with Crippen molar-refractivity contribution in [2.45, 2.75) is 25.4 Å². The lowest BCUT2D eigenvalue weighted by atomic mass is 10.2. The van der Waals surface area contributed by atoms with Gasteiger partial charge < -0.3 is 14.4 Å². The minimum atomic E-state index is 0.0931. The Morgan fingerprint density at radius 2 is 2.62 bits per heavy atom. The molecule has 1 fully saturated rings. The molecule has 0 bridgehead atoms. The van der Waals surface area contributed by atoms with Gasteiger partial charge in [-0.3, -0.25) is 0 Å². The van der Waals surface area contributed by atoms with E-state index in [1.807, 2.05) is 11.6 Å². The molecule has 1 aromatic rings. The molecule has 13 heavy (non-hydrogen) atoms. The fourth-order valence-corrected chi connectivity index (χ4v) is 1.69. The summed E-state index contributed by atoms with van der Waals surface area (Å²) in [6.07, 6.45) is 4.95. The maximum absolute atomic E-state index is 9.14. The van der Waals surface area contributed by atoms with Crippen LogP contribution in [0.2, 0.25) is 0 Å². The lowest BCUT2D eigenvalue weighted by Gasteiger charge is -2.07. The molecule has 1 aromatic heterocycles. The first-order valence-electron chi connectivity index (χ1n) is 4.58. The number of nitrogens with zero attached hydrogens (tertiary/aromatic N) is 2. The van der Waals surface area contributed by atoms with Crippen LogP contribution in [0.5, 0.6) is 5.88 Å². The fourth-order valence-electron chi connectivity index (χ4n) is 1.69. The van der Waals surface area contributed by atoms with Crippen LogP contribution in [0.3, 0.4) is 0 Å². The Bertz CT molecular complexity index is 290. The number of aromatic hydroxyl groups is 1. The van der Waals surface area contributed by atoms with Crippen molar-refractivity contribution in [3.8, 4) is 5.88 Å². The van der Waals surface area contributed by atoms with Crippen molar-refractivity contribution in [3.05, 3.63) is 12.0 Å². The van der Waals surface area contributed by atoms with Gasteiger partial charge in [-0.05, 0) is 12.8 Å². The van der Waals surface area contributed by atoms with Gasteiger partial charge in [0.2, 0.25) is 5.88 Å². The Kier molecular flexibility index (Phi) is 2.22. The molecule has 72 valence electrons. The highest BCUT2D eigenvalue weighted by atomic mass is 16.5. The fraction of sp³-hybridized carbons (Fsp3) is 0.667. The molecule has 1 aliphatic rings. The van der Waals surface area contributed by atoms with Crippen molar-refractivity contribution in [2.75, 3.05) is 6.61 Å². The van der Waals surface area contributed by atoms with Crippen molar-refractivity contribution in [1.82, 2.24) is 9.55 Å². The van der Waals surface area contributed by atoms with Gasteiger partial charge in [0.15, 0.2) is 0 Å². The summed E-state index contributed by atoms with van der Waals surface area (Å²) in [7, 11) is 1.89. The van der Waals surface area contributed by atoms with Gasteiger partial charge in [0.1, 0.15) is 5.82 Å². The molecule has 4 nitrogen and oxygen atoms in total. The highest BCUT2D eigenvalue weighted by Crippen LogP contribution is 2.17. The third-order valence-corrected chi connectivity index (χ3v) is 2.39. The quantitative estimate of drug-likeness (QED) is 0.737. The lowest BCUT2D eigenvalue weighted by Crippen LogP contribution is -2.12. The molecule has 0 radical (unpaired) electrons. The van der Waals surface area contributed by atoms with Crippen LogP contribution >= 0.6 is 0 Å². The van der Waals surface area contributed by atoms with Gasteiger partial charge in [-0.15, -0.1) is 0 Å². The highest BCUT2D eigenvalue weighted by molar-refractivity contribution is 5.08. The zero-order valence-corrected chi connectivity index (χ0v) is 7.73. The van der Waals surface area contributed by atoms with Crippen LogP contribution in [-0.4, -0.2) is 27.4 Å². The Morgan fingerprint density at radius 3 is 3.15 bits per heavy atom. The number of imidazole rings is 1. The molecule has 1 aliphatic heterocycles. The highest BCUT2D eigenvalue weighted by Gasteiger charge is 2.18. The van der Waals surface area contributed by atoms with Crippen molar-refractivity contribution in [2.24, 2.45) is 7.05 Å². The number of ether oxygens (including phenoxy) is 1. The normalized spacial score (nSPS) is 22.4. The van der Waals surface area contributed by atoms with E-state index in [0.717, 1.165) is 31.7 Å². The summed E-state index contributed by atoms with van der Waals surface area (Å²) in [6, 6.07) is 0. The zero-order chi connectivity index (χ0) is 9.26. The summed E-state index contributed by atoms with van der Waals surface area (Å²) in [5, 5.41) is 9.14. The van der Waals surface area contributed by atoms with Crippen molar-refractivity contribution in [1.29, 1.82) is 0 Å². The number of hydrogen-bond acceptors (Lipinski definition) is 3. The van der Waals surface area contributed by atoms with Crippen LogP contribution in [0.25, 0.3) is 0 Å². The largest absolute Gasteiger partial charge is 0.492 e. The average molecular weight is 182 g/mol. The van der Waals surface area contributed by atoms with Crippen LogP contribution in [0.1, 0.15) is 18.7 Å². The second-order valence-corrected chi connectivity index (χ2v) is 3.47. The van der Waals surface area contributed by atoms with E-state index in [9.17, 15) is 0 Å². The molecule has 0 spiro atoms. The molecular weight excluding hydrogens is 168 g/mol.